The van der Waals surface area contributed by atoms with Crippen molar-refractivity contribution in [3.8, 4) is 0 Å². The van der Waals surface area contributed by atoms with Crippen LogP contribution >= 0.6 is 0 Å². The highest BCUT2D eigenvalue weighted by molar-refractivity contribution is 5.87. The third kappa shape index (κ3) is 7.89. The summed E-state index contributed by atoms with van der Waals surface area (Å²) in [6, 6.07) is 7.11. The third-order valence-corrected chi connectivity index (χ3v) is 5.31. The van der Waals surface area contributed by atoms with Gasteiger partial charge in [-0.2, -0.15) is 0 Å². The zero-order valence-corrected chi connectivity index (χ0v) is 19.0. The third-order valence-electron chi connectivity index (χ3n) is 5.31. The molecule has 1 unspecified atom stereocenters. The monoisotopic (exact) mass is 450 g/mol. The lowest BCUT2D eigenvalue weighted by molar-refractivity contribution is -0.193. The van der Waals surface area contributed by atoms with Crippen molar-refractivity contribution < 1.29 is 33.7 Å². The molecule has 1 heterocycles. The van der Waals surface area contributed by atoms with Gasteiger partial charge in [-0.1, -0.05) is 30.3 Å². The number of benzene rings is 1. The predicted octanol–water partition coefficient (Wildman–Crippen LogP) is 1.59. The largest absolute Gasteiger partial charge is 0.480 e. The number of nitrogens with one attached hydrogen (secondary N) is 1. The second-order valence-corrected chi connectivity index (χ2v) is 7.75. The number of carbonyl (C=O) groups excluding carboxylic acids is 2. The van der Waals surface area contributed by atoms with E-state index in [-0.39, 0.29) is 13.2 Å². The van der Waals surface area contributed by atoms with Crippen molar-refractivity contribution >= 4 is 17.8 Å². The van der Waals surface area contributed by atoms with Crippen molar-refractivity contribution in [2.75, 3.05) is 26.4 Å². The van der Waals surface area contributed by atoms with Crippen LogP contribution in [0.25, 0.3) is 0 Å². The first-order valence-corrected chi connectivity index (χ1v) is 11.1. The Morgan fingerprint density at radius 1 is 1.19 bits per heavy atom. The van der Waals surface area contributed by atoms with Crippen molar-refractivity contribution in [2.45, 2.75) is 64.4 Å². The molecule has 1 aliphatic heterocycles. The Morgan fingerprint density at radius 3 is 2.44 bits per heavy atom. The number of hydrogen-bond acceptors (Lipinski definition) is 7. The van der Waals surface area contributed by atoms with E-state index in [9.17, 15) is 19.5 Å². The predicted molar refractivity (Wildman–Crippen MR) is 117 cm³/mol. The van der Waals surface area contributed by atoms with E-state index in [1.54, 1.807) is 13.8 Å². The molecule has 2 N–H and O–H groups in total. The molecule has 1 aromatic carbocycles. The van der Waals surface area contributed by atoms with Crippen LogP contribution in [-0.4, -0.2) is 78.6 Å². The lowest BCUT2D eigenvalue weighted by Crippen LogP contribution is -2.56. The summed E-state index contributed by atoms with van der Waals surface area (Å²) in [6.07, 6.45) is 1.13. The molecule has 1 saturated heterocycles. The molecule has 2 rings (SSSR count). The minimum Gasteiger partial charge on any atom is -0.480 e. The van der Waals surface area contributed by atoms with Gasteiger partial charge in [0.25, 0.3) is 0 Å². The van der Waals surface area contributed by atoms with Crippen molar-refractivity contribution in [3.05, 3.63) is 35.9 Å². The first-order valence-electron chi connectivity index (χ1n) is 11.1. The molecule has 9 heteroatoms. The highest BCUT2D eigenvalue weighted by Crippen LogP contribution is 2.13. The van der Waals surface area contributed by atoms with E-state index >= 15 is 0 Å². The van der Waals surface area contributed by atoms with E-state index in [4.69, 9.17) is 14.2 Å². The molecule has 1 fully saturated rings. The Balaban J connectivity index is 2.08. The number of amides is 1. The number of nitrogens with zero attached hydrogens (tertiary/aromatic N) is 1. The average molecular weight is 451 g/mol. The van der Waals surface area contributed by atoms with Gasteiger partial charge in [0.05, 0.1) is 32.4 Å². The Hall–Kier alpha value is -2.49. The summed E-state index contributed by atoms with van der Waals surface area (Å²) in [5.74, 6) is -2.03. The zero-order chi connectivity index (χ0) is 23.5. The van der Waals surface area contributed by atoms with Crippen LogP contribution in [0.2, 0.25) is 0 Å². The molecule has 0 bridgehead atoms. The first kappa shape index (κ1) is 25.8. The maximum atomic E-state index is 13.2. The fourth-order valence-electron chi connectivity index (χ4n) is 3.46. The number of esters is 1. The fourth-order valence-corrected chi connectivity index (χ4v) is 3.46. The number of rotatable bonds is 12. The molecule has 0 aliphatic carbocycles. The lowest BCUT2D eigenvalue weighted by Gasteiger charge is -2.34. The maximum absolute atomic E-state index is 13.2. The summed E-state index contributed by atoms with van der Waals surface area (Å²) < 4.78 is 16.2. The van der Waals surface area contributed by atoms with Crippen LogP contribution in [-0.2, 0) is 35.0 Å². The molecule has 32 heavy (non-hydrogen) atoms. The summed E-state index contributed by atoms with van der Waals surface area (Å²) in [4.78, 5) is 38.5. The summed E-state index contributed by atoms with van der Waals surface area (Å²) in [5, 5.41) is 12.5. The molecule has 9 nitrogen and oxygen atoms in total. The topological polar surface area (TPSA) is 114 Å². The highest BCUT2D eigenvalue weighted by Gasteiger charge is 2.34. The Morgan fingerprint density at radius 2 is 1.84 bits per heavy atom. The molecule has 1 amide bonds. The van der Waals surface area contributed by atoms with Crippen molar-refractivity contribution in [1.29, 1.82) is 0 Å². The maximum Gasteiger partial charge on any atom is 0.326 e. The van der Waals surface area contributed by atoms with Gasteiger partial charge in [0.1, 0.15) is 12.1 Å². The number of carboxylic acid groups (broad SMARTS) is 1. The minimum absolute atomic E-state index is 0.00753. The summed E-state index contributed by atoms with van der Waals surface area (Å²) >= 11 is 0. The van der Waals surface area contributed by atoms with Gasteiger partial charge >= 0.3 is 11.9 Å². The van der Waals surface area contributed by atoms with Crippen LogP contribution in [0.1, 0.15) is 39.2 Å². The van der Waals surface area contributed by atoms with E-state index in [0.29, 0.717) is 26.1 Å². The number of carbonyl (C=O) groups is 3. The van der Waals surface area contributed by atoms with E-state index < -0.39 is 42.3 Å². The quantitative estimate of drug-likeness (QED) is 0.462. The Bertz CT molecular complexity index is 737. The summed E-state index contributed by atoms with van der Waals surface area (Å²) in [5.41, 5.74) is 1.07. The van der Waals surface area contributed by atoms with Crippen LogP contribution in [0.5, 0.6) is 0 Å². The van der Waals surface area contributed by atoms with Gasteiger partial charge in [-0.25, -0.2) is 4.79 Å². The smallest absolute Gasteiger partial charge is 0.326 e. The van der Waals surface area contributed by atoms with Gasteiger partial charge in [-0.3, -0.25) is 14.9 Å². The van der Waals surface area contributed by atoms with Crippen molar-refractivity contribution in [3.63, 3.8) is 0 Å². The Labute approximate surface area is 189 Å². The number of carboxylic acids is 1. The molecule has 178 valence electrons. The average Bonchev–Trinajstić information content (AvgIpc) is 2.80. The van der Waals surface area contributed by atoms with Gasteiger partial charge in [0.15, 0.2) is 6.29 Å². The second-order valence-electron chi connectivity index (χ2n) is 7.75. The summed E-state index contributed by atoms with van der Waals surface area (Å²) in [6.45, 7) is 5.98. The number of hydrogen-bond donors (Lipinski definition) is 2. The normalized spacial score (nSPS) is 17.2. The lowest BCUT2D eigenvalue weighted by atomic mass is 10.0. The molecule has 0 aromatic heterocycles. The Kier molecular flexibility index (Phi) is 10.6. The fraction of sp³-hybridized carbons (Fsp3) is 0.609. The molecular weight excluding hydrogens is 416 g/mol. The standard InChI is InChI=1S/C23H34N2O7/c1-4-30-23(29)19(12-11-18-9-6-5-7-10-18)24-16(2)21(26)25(17(3)22(27)28)15-20-31-13-8-14-32-20/h5-7,9-10,16-17,19-20,24H,4,8,11-15H2,1-3H3,(H,27,28)/t16?,17-,19-/m0/s1. The number of aliphatic carboxylic acids is 1. The SMILES string of the molecule is CCOC(=O)[C@H](CCc1ccccc1)NC(C)C(=O)N(CC1OCCCO1)[C@@H](C)C(=O)O. The van der Waals surface area contributed by atoms with Crippen LogP contribution < -0.4 is 5.32 Å². The van der Waals surface area contributed by atoms with Crippen molar-refractivity contribution in [1.82, 2.24) is 10.2 Å². The van der Waals surface area contributed by atoms with Crippen LogP contribution in [0.4, 0.5) is 0 Å². The second kappa shape index (κ2) is 13.1. The van der Waals surface area contributed by atoms with E-state index in [1.807, 2.05) is 30.3 Å². The molecule has 0 radical (unpaired) electrons. The van der Waals surface area contributed by atoms with Gasteiger partial charge in [0.2, 0.25) is 5.91 Å². The van der Waals surface area contributed by atoms with Crippen LogP contribution in [0, 0.1) is 0 Å². The van der Waals surface area contributed by atoms with E-state index in [1.165, 1.54) is 11.8 Å². The van der Waals surface area contributed by atoms with Crippen LogP contribution in [0.3, 0.4) is 0 Å². The van der Waals surface area contributed by atoms with Gasteiger partial charge in [0, 0.05) is 0 Å². The van der Waals surface area contributed by atoms with Gasteiger partial charge in [-0.15, -0.1) is 0 Å². The van der Waals surface area contributed by atoms with E-state index in [2.05, 4.69) is 5.32 Å². The highest BCUT2D eigenvalue weighted by atomic mass is 16.7. The molecule has 3 atom stereocenters. The molecular formula is C23H34N2O7. The summed E-state index contributed by atoms with van der Waals surface area (Å²) in [7, 11) is 0. The zero-order valence-electron chi connectivity index (χ0n) is 19.0. The molecule has 0 spiro atoms. The number of ether oxygens (including phenoxy) is 3. The minimum atomic E-state index is -1.13. The van der Waals surface area contributed by atoms with Gasteiger partial charge in [-0.05, 0) is 45.6 Å². The molecule has 0 saturated carbocycles. The number of aryl methyl sites for hydroxylation is 1. The van der Waals surface area contributed by atoms with E-state index in [0.717, 1.165) is 12.0 Å². The molecule has 1 aliphatic rings. The van der Waals surface area contributed by atoms with Gasteiger partial charge < -0.3 is 24.2 Å². The molecule has 1 aromatic rings. The first-order chi connectivity index (χ1) is 15.3. The van der Waals surface area contributed by atoms with Crippen LogP contribution in [0.15, 0.2) is 30.3 Å². The van der Waals surface area contributed by atoms with Crippen molar-refractivity contribution in [2.24, 2.45) is 0 Å².